The van der Waals surface area contributed by atoms with Gasteiger partial charge in [-0.1, -0.05) is 18.2 Å². The Kier molecular flexibility index (Phi) is 3.36. The molecule has 0 aliphatic heterocycles. The van der Waals surface area contributed by atoms with Crippen LogP contribution in [-0.4, -0.2) is 5.66 Å². The summed E-state index contributed by atoms with van der Waals surface area (Å²) in [5.41, 5.74) is 1.10. The molecule has 4 nitrogen and oxygen atoms in total. The van der Waals surface area contributed by atoms with Gasteiger partial charge in [0.2, 0.25) is 0 Å². The molecule has 1 atom stereocenters. The van der Waals surface area contributed by atoms with E-state index in [1.54, 1.807) is 0 Å². The highest BCUT2D eigenvalue weighted by Gasteiger charge is 2.54. The summed E-state index contributed by atoms with van der Waals surface area (Å²) >= 11 is 0. The van der Waals surface area contributed by atoms with Gasteiger partial charge in [-0.15, -0.1) is 0 Å². The number of rotatable bonds is 4. The highest BCUT2D eigenvalue weighted by Crippen LogP contribution is 2.64. The number of hydrazine groups is 1. The highest BCUT2D eigenvalue weighted by molar-refractivity contribution is 7.64. The maximum absolute atomic E-state index is 13.5. The molecule has 0 radical (unpaired) electrons. The molecule has 4 aliphatic rings. The molecule has 0 aromatic heterocycles. The molecule has 5 heteroatoms. The molecule has 4 N–H and O–H groups in total. The number of nitrogens with one attached hydrogen (secondary N) is 2. The quantitative estimate of drug-likeness (QED) is 0.452. The number of anilines is 1. The standard InChI is InChI=1S/C16H24N3OP/c17-19-21(20,18-15-4-2-1-3-5-15)16-13-7-11-6-12(9-13)10-14(16)8-11/h1-5,11-14,16H,6-10,17H2,(H2,18,19,20). The number of hydrogen-bond donors (Lipinski definition) is 3. The van der Waals surface area contributed by atoms with Crippen molar-refractivity contribution in [2.75, 3.05) is 5.09 Å². The largest absolute Gasteiger partial charge is 0.324 e. The van der Waals surface area contributed by atoms with Crippen LogP contribution in [0.3, 0.4) is 0 Å². The summed E-state index contributed by atoms with van der Waals surface area (Å²) in [5.74, 6) is 8.69. The first-order valence-corrected chi connectivity index (χ1v) is 9.86. The van der Waals surface area contributed by atoms with Crippen molar-refractivity contribution in [2.45, 2.75) is 37.8 Å². The highest BCUT2D eigenvalue weighted by atomic mass is 31.2. The van der Waals surface area contributed by atoms with Gasteiger partial charge in [-0.25, -0.2) is 0 Å². The molecule has 4 bridgehead atoms. The second-order valence-electron chi connectivity index (χ2n) is 7.19. The Balaban J connectivity index is 1.62. The van der Waals surface area contributed by atoms with Crippen molar-refractivity contribution in [3.05, 3.63) is 30.3 Å². The predicted molar refractivity (Wildman–Crippen MR) is 85.8 cm³/mol. The summed E-state index contributed by atoms with van der Waals surface area (Å²) < 4.78 is 13.5. The van der Waals surface area contributed by atoms with E-state index in [9.17, 15) is 4.57 Å². The molecule has 4 saturated carbocycles. The lowest BCUT2D eigenvalue weighted by molar-refractivity contribution is 0.0227. The van der Waals surface area contributed by atoms with Crippen LogP contribution < -0.4 is 16.1 Å². The molecule has 0 saturated heterocycles. The van der Waals surface area contributed by atoms with Crippen LogP contribution in [0.1, 0.15) is 32.1 Å². The fourth-order valence-corrected chi connectivity index (χ4v) is 7.98. The van der Waals surface area contributed by atoms with Gasteiger partial charge in [0, 0.05) is 5.69 Å². The van der Waals surface area contributed by atoms with Crippen LogP contribution in [0.2, 0.25) is 0 Å². The summed E-state index contributed by atoms with van der Waals surface area (Å²) in [7, 11) is -2.80. The van der Waals surface area contributed by atoms with Crippen molar-refractivity contribution in [2.24, 2.45) is 29.5 Å². The normalized spacial score (nSPS) is 40.0. The van der Waals surface area contributed by atoms with Gasteiger partial charge >= 0.3 is 0 Å². The van der Waals surface area contributed by atoms with E-state index in [1.807, 2.05) is 30.3 Å². The van der Waals surface area contributed by atoms with E-state index >= 15 is 0 Å². The maximum Gasteiger partial charge on any atom is 0.250 e. The molecule has 4 fully saturated rings. The van der Waals surface area contributed by atoms with Crippen LogP contribution in [0.15, 0.2) is 30.3 Å². The number of benzene rings is 1. The topological polar surface area (TPSA) is 67.1 Å². The molecule has 114 valence electrons. The minimum Gasteiger partial charge on any atom is -0.324 e. The molecule has 0 heterocycles. The lowest BCUT2D eigenvalue weighted by Crippen LogP contribution is -2.51. The Labute approximate surface area is 126 Å². The van der Waals surface area contributed by atoms with E-state index in [-0.39, 0.29) is 5.66 Å². The second kappa shape index (κ2) is 5.12. The van der Waals surface area contributed by atoms with Gasteiger partial charge in [0.15, 0.2) is 0 Å². The van der Waals surface area contributed by atoms with Crippen molar-refractivity contribution >= 4 is 13.1 Å². The summed E-state index contributed by atoms with van der Waals surface area (Å²) in [6.07, 6.45) is 6.41. The molecule has 1 unspecified atom stereocenters. The average Bonchev–Trinajstić information content (AvgIpc) is 2.47. The van der Waals surface area contributed by atoms with Crippen molar-refractivity contribution in [3.8, 4) is 0 Å². The van der Waals surface area contributed by atoms with E-state index < -0.39 is 7.44 Å². The zero-order valence-corrected chi connectivity index (χ0v) is 13.1. The van der Waals surface area contributed by atoms with Crippen molar-refractivity contribution in [1.82, 2.24) is 5.20 Å². The van der Waals surface area contributed by atoms with Gasteiger partial charge in [0.25, 0.3) is 7.44 Å². The van der Waals surface area contributed by atoms with E-state index in [4.69, 9.17) is 5.84 Å². The number of para-hydroxylation sites is 1. The molecule has 21 heavy (non-hydrogen) atoms. The maximum atomic E-state index is 13.5. The molecule has 0 amide bonds. The van der Waals surface area contributed by atoms with E-state index in [0.717, 1.165) is 17.5 Å². The summed E-state index contributed by atoms with van der Waals surface area (Å²) in [6.45, 7) is 0. The number of nitrogens with two attached hydrogens (primary N) is 1. The first-order chi connectivity index (χ1) is 10.2. The van der Waals surface area contributed by atoms with Crippen LogP contribution >= 0.6 is 7.44 Å². The molecule has 1 aromatic carbocycles. The third-order valence-corrected chi connectivity index (χ3v) is 8.51. The zero-order valence-electron chi connectivity index (χ0n) is 12.2. The van der Waals surface area contributed by atoms with Crippen LogP contribution in [0.5, 0.6) is 0 Å². The Bertz CT molecular complexity index is 534. The molecule has 4 aliphatic carbocycles. The Morgan fingerprint density at radius 2 is 1.52 bits per heavy atom. The minimum absolute atomic E-state index is 0.204. The van der Waals surface area contributed by atoms with Crippen molar-refractivity contribution < 1.29 is 4.57 Å². The smallest absolute Gasteiger partial charge is 0.250 e. The van der Waals surface area contributed by atoms with Gasteiger partial charge in [0.1, 0.15) is 0 Å². The summed E-state index contributed by atoms with van der Waals surface area (Å²) in [5, 5.41) is 5.95. The monoisotopic (exact) mass is 305 g/mol. The molecule has 0 spiro atoms. The van der Waals surface area contributed by atoms with Gasteiger partial charge in [-0.2, -0.15) is 5.20 Å². The van der Waals surface area contributed by atoms with Gasteiger partial charge < -0.3 is 5.09 Å². The van der Waals surface area contributed by atoms with Gasteiger partial charge in [0.05, 0.1) is 5.66 Å². The van der Waals surface area contributed by atoms with Gasteiger partial charge in [-0.3, -0.25) is 10.4 Å². The molecule has 5 rings (SSSR count). The summed E-state index contributed by atoms with van der Waals surface area (Å²) in [6, 6.07) is 9.80. The van der Waals surface area contributed by atoms with E-state index in [0.29, 0.717) is 11.8 Å². The Morgan fingerprint density at radius 3 is 2.05 bits per heavy atom. The Morgan fingerprint density at radius 1 is 0.952 bits per heavy atom. The van der Waals surface area contributed by atoms with Crippen molar-refractivity contribution in [1.29, 1.82) is 0 Å². The minimum atomic E-state index is -2.80. The Hall–Kier alpha value is -0.830. The summed E-state index contributed by atoms with van der Waals surface area (Å²) in [4.78, 5) is 0. The molecular formula is C16H24N3OP. The predicted octanol–water partition coefficient (Wildman–Crippen LogP) is 3.58. The fourth-order valence-electron chi connectivity index (χ4n) is 5.39. The molecular weight excluding hydrogens is 281 g/mol. The molecule has 1 aromatic rings. The van der Waals surface area contributed by atoms with Crippen LogP contribution in [0, 0.1) is 23.7 Å². The lowest BCUT2D eigenvalue weighted by atomic mass is 9.56. The SMILES string of the molecule is NNP(=O)(Nc1ccccc1)C1C2CC3CC(C2)CC1C3. The zero-order chi connectivity index (χ0) is 14.4. The number of hydrogen-bond acceptors (Lipinski definition) is 2. The lowest BCUT2D eigenvalue weighted by Gasteiger charge is -2.55. The fraction of sp³-hybridized carbons (Fsp3) is 0.625. The average molecular weight is 305 g/mol. The van der Waals surface area contributed by atoms with Gasteiger partial charge in [-0.05, 0) is 67.9 Å². The first-order valence-electron chi connectivity index (χ1n) is 8.09. The van der Waals surface area contributed by atoms with Crippen LogP contribution in [0.25, 0.3) is 0 Å². The van der Waals surface area contributed by atoms with Crippen molar-refractivity contribution in [3.63, 3.8) is 0 Å². The second-order valence-corrected chi connectivity index (χ2v) is 9.58. The van der Waals surface area contributed by atoms with E-state index in [2.05, 4.69) is 10.3 Å². The third-order valence-electron chi connectivity index (χ3n) is 5.86. The van der Waals surface area contributed by atoms with Crippen LogP contribution in [0.4, 0.5) is 5.69 Å². The van der Waals surface area contributed by atoms with E-state index in [1.165, 1.54) is 32.1 Å². The first kappa shape index (κ1) is 13.8. The third kappa shape index (κ3) is 2.34. The van der Waals surface area contributed by atoms with Crippen LogP contribution in [-0.2, 0) is 4.57 Å².